The normalized spacial score (nSPS) is 11.1. The molecule has 1 N–H and O–H groups in total. The van der Waals surface area contributed by atoms with Crippen molar-refractivity contribution in [3.8, 4) is 0 Å². The smallest absolute Gasteiger partial charge is 0.264 e. The fourth-order valence-electron chi connectivity index (χ4n) is 1.11. The molecule has 0 spiro atoms. The number of aryl methyl sites for hydroxylation is 1. The summed E-state index contributed by atoms with van der Waals surface area (Å²) in [5.74, 6) is -0.602. The zero-order valence-electron chi connectivity index (χ0n) is 8.24. The summed E-state index contributed by atoms with van der Waals surface area (Å²) in [7, 11) is -3.74. The summed E-state index contributed by atoms with van der Waals surface area (Å²) < 4.78 is 25.9. The number of carbonyl (C=O) groups excluding carboxylic acids is 1. The molecule has 1 amide bonds. The zero-order valence-corrected chi connectivity index (χ0v) is 10.6. The standard InChI is InChI=1S/C9H10BrNO3S/c1-6-3-4-8(10)5-9(6)15(13,14)11-7(2)12/h3-5H,1-2H3,(H,11,12). The number of nitrogens with one attached hydrogen (secondary N) is 1. The summed E-state index contributed by atoms with van der Waals surface area (Å²) in [6.07, 6.45) is 0. The molecule has 6 heteroatoms. The number of carbonyl (C=O) groups is 1. The van der Waals surface area contributed by atoms with E-state index in [-0.39, 0.29) is 4.90 Å². The topological polar surface area (TPSA) is 63.2 Å². The van der Waals surface area contributed by atoms with Gasteiger partial charge in [-0.15, -0.1) is 0 Å². The molecule has 0 heterocycles. The molecule has 0 unspecified atom stereocenters. The number of benzene rings is 1. The van der Waals surface area contributed by atoms with Crippen LogP contribution in [0.2, 0.25) is 0 Å². The van der Waals surface area contributed by atoms with Crippen molar-refractivity contribution in [3.05, 3.63) is 28.2 Å². The minimum atomic E-state index is -3.74. The maximum Gasteiger partial charge on any atom is 0.264 e. The molecule has 15 heavy (non-hydrogen) atoms. The van der Waals surface area contributed by atoms with E-state index in [1.807, 2.05) is 4.72 Å². The van der Waals surface area contributed by atoms with Gasteiger partial charge in [-0.05, 0) is 24.6 Å². The van der Waals surface area contributed by atoms with Gasteiger partial charge in [0.15, 0.2) is 0 Å². The van der Waals surface area contributed by atoms with Crippen LogP contribution in [-0.4, -0.2) is 14.3 Å². The fraction of sp³-hybridized carbons (Fsp3) is 0.222. The van der Waals surface area contributed by atoms with Gasteiger partial charge in [0.2, 0.25) is 5.91 Å². The van der Waals surface area contributed by atoms with Gasteiger partial charge in [-0.3, -0.25) is 4.79 Å². The second kappa shape index (κ2) is 4.32. The number of halogens is 1. The maximum atomic E-state index is 11.7. The quantitative estimate of drug-likeness (QED) is 0.900. The third kappa shape index (κ3) is 3.04. The summed E-state index contributed by atoms with van der Waals surface area (Å²) in [5.41, 5.74) is 0.590. The molecule has 0 fully saturated rings. The van der Waals surface area contributed by atoms with Crippen LogP contribution in [0.4, 0.5) is 0 Å². The Hall–Kier alpha value is -0.880. The SMILES string of the molecule is CC(=O)NS(=O)(=O)c1cc(Br)ccc1C. The molecule has 0 aliphatic heterocycles. The van der Waals surface area contributed by atoms with Crippen molar-refractivity contribution in [2.24, 2.45) is 0 Å². The lowest BCUT2D eigenvalue weighted by Crippen LogP contribution is -2.28. The van der Waals surface area contributed by atoms with E-state index in [0.717, 1.165) is 6.92 Å². The average molecular weight is 292 g/mol. The molecular weight excluding hydrogens is 282 g/mol. The maximum absolute atomic E-state index is 11.7. The molecule has 0 radical (unpaired) electrons. The van der Waals surface area contributed by atoms with Crippen LogP contribution in [0, 0.1) is 6.92 Å². The first-order valence-corrected chi connectivity index (χ1v) is 6.40. The van der Waals surface area contributed by atoms with E-state index < -0.39 is 15.9 Å². The zero-order chi connectivity index (χ0) is 11.6. The van der Waals surface area contributed by atoms with Crippen LogP contribution >= 0.6 is 15.9 Å². The van der Waals surface area contributed by atoms with E-state index in [9.17, 15) is 13.2 Å². The Labute approximate surface area is 96.9 Å². The lowest BCUT2D eigenvalue weighted by Gasteiger charge is -2.07. The van der Waals surface area contributed by atoms with Crippen LogP contribution in [0.15, 0.2) is 27.6 Å². The molecular formula is C9H10BrNO3S. The van der Waals surface area contributed by atoms with Crippen LogP contribution in [0.3, 0.4) is 0 Å². The fourth-order valence-corrected chi connectivity index (χ4v) is 2.88. The first-order valence-electron chi connectivity index (χ1n) is 4.12. The van der Waals surface area contributed by atoms with Gasteiger partial charge in [0.1, 0.15) is 0 Å². The minimum absolute atomic E-state index is 0.104. The Balaban J connectivity index is 3.26. The predicted octanol–water partition coefficient (Wildman–Crippen LogP) is 1.58. The lowest BCUT2D eigenvalue weighted by atomic mass is 10.2. The minimum Gasteiger partial charge on any atom is -0.274 e. The van der Waals surface area contributed by atoms with Gasteiger partial charge in [0.05, 0.1) is 4.90 Å². The highest BCUT2D eigenvalue weighted by atomic mass is 79.9. The van der Waals surface area contributed by atoms with E-state index in [1.165, 1.54) is 6.07 Å². The molecule has 0 saturated heterocycles. The van der Waals surface area contributed by atoms with Gasteiger partial charge in [-0.1, -0.05) is 22.0 Å². The van der Waals surface area contributed by atoms with Gasteiger partial charge in [0.25, 0.3) is 10.0 Å². The highest BCUT2D eigenvalue weighted by Crippen LogP contribution is 2.20. The Bertz CT molecular complexity index is 496. The van der Waals surface area contributed by atoms with Crippen molar-refractivity contribution >= 4 is 31.9 Å². The highest BCUT2D eigenvalue weighted by molar-refractivity contribution is 9.10. The number of sulfonamides is 1. The largest absolute Gasteiger partial charge is 0.274 e. The molecule has 0 aromatic heterocycles. The number of amides is 1. The van der Waals surface area contributed by atoms with Gasteiger partial charge in [-0.2, -0.15) is 0 Å². The summed E-state index contributed by atoms with van der Waals surface area (Å²) >= 11 is 3.18. The molecule has 82 valence electrons. The molecule has 0 atom stereocenters. The van der Waals surface area contributed by atoms with Crippen molar-refractivity contribution in [2.45, 2.75) is 18.7 Å². The molecule has 1 aromatic carbocycles. The van der Waals surface area contributed by atoms with E-state index in [4.69, 9.17) is 0 Å². The van der Waals surface area contributed by atoms with Crippen molar-refractivity contribution in [1.29, 1.82) is 0 Å². The van der Waals surface area contributed by atoms with Gasteiger partial charge < -0.3 is 0 Å². The van der Waals surface area contributed by atoms with Crippen LogP contribution in [0.1, 0.15) is 12.5 Å². The lowest BCUT2D eigenvalue weighted by molar-refractivity contribution is -0.117. The van der Waals surface area contributed by atoms with Gasteiger partial charge in [0, 0.05) is 11.4 Å². The molecule has 1 rings (SSSR count). The van der Waals surface area contributed by atoms with Crippen molar-refractivity contribution in [3.63, 3.8) is 0 Å². The van der Waals surface area contributed by atoms with Crippen molar-refractivity contribution in [1.82, 2.24) is 4.72 Å². The second-order valence-corrected chi connectivity index (χ2v) is 5.64. The Morgan fingerprint density at radius 3 is 2.53 bits per heavy atom. The average Bonchev–Trinajstić information content (AvgIpc) is 2.06. The Morgan fingerprint density at radius 1 is 1.40 bits per heavy atom. The summed E-state index contributed by atoms with van der Waals surface area (Å²) in [4.78, 5) is 10.8. The van der Waals surface area contributed by atoms with E-state index in [1.54, 1.807) is 19.1 Å². The highest BCUT2D eigenvalue weighted by Gasteiger charge is 2.17. The van der Waals surface area contributed by atoms with Crippen LogP contribution in [0.5, 0.6) is 0 Å². The number of hydrogen-bond acceptors (Lipinski definition) is 3. The molecule has 1 aromatic rings. The first-order chi connectivity index (χ1) is 6.83. The van der Waals surface area contributed by atoms with Crippen LogP contribution in [-0.2, 0) is 14.8 Å². The molecule has 0 saturated carbocycles. The van der Waals surface area contributed by atoms with Gasteiger partial charge in [-0.25, -0.2) is 13.1 Å². The van der Waals surface area contributed by atoms with E-state index in [0.29, 0.717) is 10.0 Å². The molecule has 0 bridgehead atoms. The summed E-state index contributed by atoms with van der Waals surface area (Å²) in [6, 6.07) is 4.86. The van der Waals surface area contributed by atoms with E-state index in [2.05, 4.69) is 15.9 Å². The van der Waals surface area contributed by atoms with Crippen molar-refractivity contribution in [2.75, 3.05) is 0 Å². The Morgan fingerprint density at radius 2 is 2.00 bits per heavy atom. The molecule has 4 nitrogen and oxygen atoms in total. The first kappa shape index (κ1) is 12.2. The van der Waals surface area contributed by atoms with Crippen LogP contribution in [0.25, 0.3) is 0 Å². The Kier molecular flexibility index (Phi) is 3.51. The molecule has 0 aliphatic rings. The molecule has 0 aliphatic carbocycles. The number of rotatable bonds is 2. The second-order valence-electron chi connectivity index (χ2n) is 3.07. The summed E-state index contributed by atoms with van der Waals surface area (Å²) in [6.45, 7) is 2.83. The van der Waals surface area contributed by atoms with E-state index >= 15 is 0 Å². The third-order valence-electron chi connectivity index (χ3n) is 1.72. The van der Waals surface area contributed by atoms with Crippen LogP contribution < -0.4 is 4.72 Å². The predicted molar refractivity (Wildman–Crippen MR) is 59.9 cm³/mol. The monoisotopic (exact) mass is 291 g/mol. The van der Waals surface area contributed by atoms with Crippen molar-refractivity contribution < 1.29 is 13.2 Å². The third-order valence-corrected chi connectivity index (χ3v) is 3.79. The summed E-state index contributed by atoms with van der Waals surface area (Å²) in [5, 5.41) is 0. The number of hydrogen-bond donors (Lipinski definition) is 1. The van der Waals surface area contributed by atoms with Gasteiger partial charge >= 0.3 is 0 Å².